The second-order valence-electron chi connectivity index (χ2n) is 6.35. The van der Waals surface area contributed by atoms with E-state index in [9.17, 15) is 4.79 Å². The van der Waals surface area contributed by atoms with Crippen molar-refractivity contribution in [2.24, 2.45) is 7.05 Å². The lowest BCUT2D eigenvalue weighted by Gasteiger charge is -2.33. The van der Waals surface area contributed by atoms with E-state index in [4.69, 9.17) is 0 Å². The van der Waals surface area contributed by atoms with Crippen LogP contribution in [0, 0.1) is 0 Å². The van der Waals surface area contributed by atoms with Gasteiger partial charge in [-0.15, -0.1) is 0 Å². The second kappa shape index (κ2) is 7.47. The molecule has 6 nitrogen and oxygen atoms in total. The minimum atomic E-state index is 0.240. The van der Waals surface area contributed by atoms with Gasteiger partial charge in [-0.1, -0.05) is 0 Å². The van der Waals surface area contributed by atoms with Gasteiger partial charge in [-0.2, -0.15) is 5.10 Å². The summed E-state index contributed by atoms with van der Waals surface area (Å²) < 4.78 is 1.84. The number of nitrogens with zero attached hydrogens (tertiary/aromatic N) is 4. The summed E-state index contributed by atoms with van der Waals surface area (Å²) >= 11 is 0. The lowest BCUT2D eigenvalue weighted by Crippen LogP contribution is -2.39. The summed E-state index contributed by atoms with van der Waals surface area (Å²) in [5.41, 5.74) is 2.36. The molecular formula is C18H25N5O. The third-order valence-corrected chi connectivity index (χ3v) is 4.80. The number of aromatic nitrogens is 3. The average Bonchev–Trinajstić information content (AvgIpc) is 3.04. The molecule has 1 N–H and O–H groups in total. The topological polar surface area (TPSA) is 63.1 Å². The Hall–Kier alpha value is -2.37. The molecule has 128 valence electrons. The highest BCUT2D eigenvalue weighted by Crippen LogP contribution is 2.28. The highest BCUT2D eigenvalue weighted by molar-refractivity contribution is 5.76. The number of carbonyl (C=O) groups excluding carboxylic acids is 1. The van der Waals surface area contributed by atoms with Crippen LogP contribution in [0.1, 0.15) is 36.4 Å². The Kier molecular flexibility index (Phi) is 5.13. The van der Waals surface area contributed by atoms with E-state index in [-0.39, 0.29) is 5.91 Å². The molecule has 0 saturated carbocycles. The van der Waals surface area contributed by atoms with Gasteiger partial charge in [0.05, 0.1) is 0 Å². The third kappa shape index (κ3) is 3.75. The number of hydrogen-bond donors (Lipinski definition) is 1. The lowest BCUT2D eigenvalue weighted by molar-refractivity contribution is -0.132. The summed E-state index contributed by atoms with van der Waals surface area (Å²) in [5.74, 6) is 1.52. The number of carbonyl (C=O) groups is 1. The van der Waals surface area contributed by atoms with Gasteiger partial charge in [0.1, 0.15) is 5.82 Å². The standard InChI is InChI=1S/C18H25N5O/c1-19-17-12-14(7-9-20-17)15-4-3-11-23(13-15)18(24)6-5-16-8-10-21-22(16)2/h7-10,12,15H,3-6,11,13H2,1-2H3,(H,19,20)/t15-/m1/s1. The van der Waals surface area contributed by atoms with Gasteiger partial charge in [0.2, 0.25) is 5.91 Å². The van der Waals surface area contributed by atoms with E-state index in [1.807, 2.05) is 35.9 Å². The van der Waals surface area contributed by atoms with Crippen LogP contribution in [0.4, 0.5) is 5.82 Å². The Morgan fingerprint density at radius 2 is 2.25 bits per heavy atom. The highest BCUT2D eigenvalue weighted by Gasteiger charge is 2.24. The Balaban J connectivity index is 1.60. The van der Waals surface area contributed by atoms with Crippen LogP contribution in [0.5, 0.6) is 0 Å². The van der Waals surface area contributed by atoms with Crippen molar-refractivity contribution in [1.82, 2.24) is 19.7 Å². The number of likely N-dealkylation sites (tertiary alicyclic amines) is 1. The molecule has 6 heteroatoms. The largest absolute Gasteiger partial charge is 0.373 e. The predicted octanol–water partition coefficient (Wildman–Crippen LogP) is 2.20. The Morgan fingerprint density at radius 3 is 3.00 bits per heavy atom. The summed E-state index contributed by atoms with van der Waals surface area (Å²) in [7, 11) is 3.79. The number of anilines is 1. The van der Waals surface area contributed by atoms with E-state index in [1.165, 1.54) is 5.56 Å². The number of hydrogen-bond acceptors (Lipinski definition) is 4. The van der Waals surface area contributed by atoms with Crippen LogP contribution < -0.4 is 5.32 Å². The summed E-state index contributed by atoms with van der Waals surface area (Å²) in [4.78, 5) is 18.9. The molecule has 2 aromatic heterocycles. The minimum Gasteiger partial charge on any atom is -0.373 e. The van der Waals surface area contributed by atoms with Gasteiger partial charge >= 0.3 is 0 Å². The Bertz CT molecular complexity index is 696. The van der Waals surface area contributed by atoms with Gasteiger partial charge in [0.15, 0.2) is 0 Å². The fourth-order valence-electron chi connectivity index (χ4n) is 3.35. The fraction of sp³-hybridized carbons (Fsp3) is 0.500. The molecule has 0 bridgehead atoms. The number of pyridine rings is 1. The highest BCUT2D eigenvalue weighted by atomic mass is 16.2. The molecule has 1 aliphatic heterocycles. The zero-order valence-electron chi connectivity index (χ0n) is 14.4. The van der Waals surface area contributed by atoms with Crippen molar-refractivity contribution in [2.45, 2.75) is 31.6 Å². The first kappa shape index (κ1) is 16.5. The molecule has 0 radical (unpaired) electrons. The van der Waals surface area contributed by atoms with Crippen molar-refractivity contribution >= 4 is 11.7 Å². The number of piperidine rings is 1. The summed E-state index contributed by atoms with van der Waals surface area (Å²) in [6.07, 6.45) is 7.09. The third-order valence-electron chi connectivity index (χ3n) is 4.80. The van der Waals surface area contributed by atoms with Crippen LogP contribution in [0.25, 0.3) is 0 Å². The molecule has 1 aliphatic rings. The van der Waals surface area contributed by atoms with E-state index in [0.717, 1.165) is 43.9 Å². The molecule has 1 saturated heterocycles. The Labute approximate surface area is 142 Å². The zero-order chi connectivity index (χ0) is 16.9. The molecule has 0 aromatic carbocycles. The van der Waals surface area contributed by atoms with Gasteiger partial charge in [-0.05, 0) is 43.0 Å². The molecular weight excluding hydrogens is 302 g/mol. The summed E-state index contributed by atoms with van der Waals surface area (Å²) in [5, 5.41) is 7.24. The van der Waals surface area contributed by atoms with Gasteiger partial charge in [-0.3, -0.25) is 9.48 Å². The molecule has 0 aliphatic carbocycles. The monoisotopic (exact) mass is 327 g/mol. The SMILES string of the molecule is CNc1cc([C@@H]2CCCN(C(=O)CCc3ccnn3C)C2)ccn1. The van der Waals surface area contributed by atoms with Gasteiger partial charge in [-0.25, -0.2) is 4.98 Å². The molecule has 0 unspecified atom stereocenters. The maximum absolute atomic E-state index is 12.6. The van der Waals surface area contributed by atoms with Crippen molar-refractivity contribution in [3.05, 3.63) is 41.9 Å². The zero-order valence-corrected chi connectivity index (χ0v) is 14.4. The van der Waals surface area contributed by atoms with E-state index >= 15 is 0 Å². The predicted molar refractivity (Wildman–Crippen MR) is 93.9 cm³/mol. The van der Waals surface area contributed by atoms with E-state index in [2.05, 4.69) is 27.5 Å². The molecule has 3 rings (SSSR count). The van der Waals surface area contributed by atoms with E-state index < -0.39 is 0 Å². The maximum atomic E-state index is 12.6. The minimum absolute atomic E-state index is 0.240. The van der Waals surface area contributed by atoms with Crippen LogP contribution in [-0.4, -0.2) is 45.7 Å². The summed E-state index contributed by atoms with van der Waals surface area (Å²) in [6, 6.07) is 6.13. The van der Waals surface area contributed by atoms with Crippen LogP contribution in [0.2, 0.25) is 0 Å². The first-order chi connectivity index (χ1) is 11.7. The first-order valence-corrected chi connectivity index (χ1v) is 8.55. The number of aryl methyl sites for hydroxylation is 2. The van der Waals surface area contributed by atoms with Crippen molar-refractivity contribution in [3.63, 3.8) is 0 Å². The smallest absolute Gasteiger partial charge is 0.222 e. The van der Waals surface area contributed by atoms with Gasteiger partial charge < -0.3 is 10.2 Å². The quantitative estimate of drug-likeness (QED) is 0.914. The Morgan fingerprint density at radius 1 is 1.38 bits per heavy atom. The maximum Gasteiger partial charge on any atom is 0.222 e. The van der Waals surface area contributed by atoms with Crippen molar-refractivity contribution in [1.29, 1.82) is 0 Å². The number of rotatable bonds is 5. The average molecular weight is 327 g/mol. The number of nitrogens with one attached hydrogen (secondary N) is 1. The molecule has 0 spiro atoms. The van der Waals surface area contributed by atoms with E-state index in [1.54, 1.807) is 6.20 Å². The van der Waals surface area contributed by atoms with E-state index in [0.29, 0.717) is 12.3 Å². The molecule has 2 aromatic rings. The van der Waals surface area contributed by atoms with Crippen molar-refractivity contribution in [2.75, 3.05) is 25.5 Å². The molecule has 1 atom stereocenters. The molecule has 1 fully saturated rings. The summed E-state index contributed by atoms with van der Waals surface area (Å²) in [6.45, 7) is 1.67. The van der Waals surface area contributed by atoms with Crippen LogP contribution >= 0.6 is 0 Å². The van der Waals surface area contributed by atoms with Gasteiger partial charge in [0, 0.05) is 57.6 Å². The first-order valence-electron chi connectivity index (χ1n) is 8.55. The van der Waals surface area contributed by atoms with Crippen LogP contribution in [0.3, 0.4) is 0 Å². The second-order valence-corrected chi connectivity index (χ2v) is 6.35. The van der Waals surface area contributed by atoms with Gasteiger partial charge in [0.25, 0.3) is 0 Å². The lowest BCUT2D eigenvalue weighted by atomic mass is 9.91. The normalized spacial score (nSPS) is 17.8. The molecule has 1 amide bonds. The molecule has 3 heterocycles. The fourth-order valence-corrected chi connectivity index (χ4v) is 3.35. The van der Waals surface area contributed by atoms with Crippen molar-refractivity contribution < 1.29 is 4.79 Å². The van der Waals surface area contributed by atoms with Crippen molar-refractivity contribution in [3.8, 4) is 0 Å². The number of amides is 1. The van der Waals surface area contributed by atoms with Crippen LogP contribution in [0.15, 0.2) is 30.6 Å². The van der Waals surface area contributed by atoms with Crippen LogP contribution in [-0.2, 0) is 18.3 Å². The molecule has 24 heavy (non-hydrogen) atoms.